The lowest BCUT2D eigenvalue weighted by atomic mass is 10.1. The molecule has 1 saturated heterocycles. The molecule has 0 aliphatic carbocycles. The van der Waals surface area contributed by atoms with Gasteiger partial charge in [-0.25, -0.2) is 0 Å². The van der Waals surface area contributed by atoms with Crippen LogP contribution in [-0.2, 0) is 4.79 Å². The lowest BCUT2D eigenvalue weighted by Crippen LogP contribution is -2.29. The predicted octanol–water partition coefficient (Wildman–Crippen LogP) is 0.0690. The molecule has 1 rings (SSSR count). The Hall–Kier alpha value is -0.570. The third-order valence-electron chi connectivity index (χ3n) is 1.65. The van der Waals surface area contributed by atoms with Gasteiger partial charge >= 0.3 is 5.97 Å². The van der Waals surface area contributed by atoms with Gasteiger partial charge in [0.15, 0.2) is 0 Å². The number of aliphatic carboxylic acids is 1. The number of carboxylic acid groups (broad SMARTS) is 1. The molecular formula is C6H11NO2. The number of hydrogen-bond donors (Lipinski definition) is 2. The first kappa shape index (κ1) is 6.55. The maximum atomic E-state index is 10.3. The van der Waals surface area contributed by atoms with Gasteiger partial charge in [-0.15, -0.1) is 0 Å². The van der Waals surface area contributed by atoms with Gasteiger partial charge in [0.05, 0.1) is 0 Å². The van der Waals surface area contributed by atoms with E-state index < -0.39 is 5.97 Å². The molecule has 0 bridgehead atoms. The molecule has 1 fully saturated rings. The van der Waals surface area contributed by atoms with Crippen molar-refractivity contribution in [3.05, 3.63) is 0 Å². The van der Waals surface area contributed by atoms with Crippen molar-refractivity contribution in [1.29, 1.82) is 0 Å². The summed E-state index contributed by atoms with van der Waals surface area (Å²) < 4.78 is 0. The molecule has 9 heavy (non-hydrogen) atoms. The quantitative estimate of drug-likeness (QED) is 0.526. The first-order valence-electron chi connectivity index (χ1n) is 3.16. The summed E-state index contributed by atoms with van der Waals surface area (Å²) in [6, 6.07) is -0.292. The lowest BCUT2D eigenvalue weighted by molar-refractivity contribution is -0.139. The van der Waals surface area contributed by atoms with Crippen LogP contribution in [0.15, 0.2) is 0 Å². The van der Waals surface area contributed by atoms with E-state index in [4.69, 9.17) is 5.11 Å². The van der Waals surface area contributed by atoms with E-state index in [1.54, 1.807) is 0 Å². The predicted molar refractivity (Wildman–Crippen MR) is 33.2 cm³/mol. The molecule has 0 aromatic rings. The second-order valence-electron chi connectivity index (χ2n) is 2.64. The summed E-state index contributed by atoms with van der Waals surface area (Å²) in [6.07, 6.45) is 0.773. The average molecular weight is 129 g/mol. The molecule has 2 N–H and O–H groups in total. The molecule has 1 aliphatic rings. The number of carbonyl (C=O) groups is 1. The normalized spacial score (nSPS) is 34.8. The Kier molecular flexibility index (Phi) is 1.71. The van der Waals surface area contributed by atoms with Crippen molar-refractivity contribution in [3.63, 3.8) is 0 Å². The van der Waals surface area contributed by atoms with Crippen LogP contribution in [0.25, 0.3) is 0 Å². The Morgan fingerprint density at radius 1 is 1.78 bits per heavy atom. The van der Waals surface area contributed by atoms with E-state index in [1.807, 2.05) is 0 Å². The molecule has 0 radical (unpaired) electrons. The Labute approximate surface area is 54.1 Å². The molecule has 1 aliphatic heterocycles. The Morgan fingerprint density at radius 3 is 2.67 bits per heavy atom. The highest BCUT2D eigenvalue weighted by Gasteiger charge is 2.25. The summed E-state index contributed by atoms with van der Waals surface area (Å²) in [5.41, 5.74) is 0. The van der Waals surface area contributed by atoms with E-state index in [-0.39, 0.29) is 6.04 Å². The molecule has 0 saturated carbocycles. The fourth-order valence-electron chi connectivity index (χ4n) is 1.10. The van der Waals surface area contributed by atoms with Crippen molar-refractivity contribution in [2.75, 3.05) is 6.54 Å². The van der Waals surface area contributed by atoms with Crippen LogP contribution >= 0.6 is 0 Å². The standard InChI is InChI=1S/C6H11NO2/c1-4-2-5(6(8)9)7-3-4/h4-5,7H,2-3H2,1H3,(H,8,9). The van der Waals surface area contributed by atoms with Crippen molar-refractivity contribution in [3.8, 4) is 0 Å². The van der Waals surface area contributed by atoms with Crippen molar-refractivity contribution >= 4 is 5.97 Å². The fraction of sp³-hybridized carbons (Fsp3) is 0.833. The number of carboxylic acids is 1. The third kappa shape index (κ3) is 1.42. The molecule has 2 unspecified atom stereocenters. The van der Waals surface area contributed by atoms with Gasteiger partial charge in [-0.2, -0.15) is 0 Å². The largest absolute Gasteiger partial charge is 0.480 e. The van der Waals surface area contributed by atoms with Crippen LogP contribution in [0.5, 0.6) is 0 Å². The van der Waals surface area contributed by atoms with Crippen LogP contribution in [0.1, 0.15) is 13.3 Å². The van der Waals surface area contributed by atoms with E-state index in [0.29, 0.717) is 5.92 Å². The molecule has 0 spiro atoms. The average Bonchev–Trinajstić information content (AvgIpc) is 2.14. The minimum atomic E-state index is -0.723. The van der Waals surface area contributed by atoms with Gasteiger partial charge < -0.3 is 10.4 Å². The van der Waals surface area contributed by atoms with Gasteiger partial charge in [-0.05, 0) is 18.9 Å². The van der Waals surface area contributed by atoms with Gasteiger partial charge in [0.25, 0.3) is 0 Å². The van der Waals surface area contributed by atoms with Gasteiger partial charge in [-0.3, -0.25) is 4.79 Å². The highest BCUT2D eigenvalue weighted by molar-refractivity contribution is 5.73. The van der Waals surface area contributed by atoms with Crippen molar-refractivity contribution in [2.45, 2.75) is 19.4 Å². The van der Waals surface area contributed by atoms with E-state index >= 15 is 0 Å². The highest BCUT2D eigenvalue weighted by Crippen LogP contribution is 2.11. The maximum Gasteiger partial charge on any atom is 0.320 e. The van der Waals surface area contributed by atoms with E-state index in [1.165, 1.54) is 0 Å². The van der Waals surface area contributed by atoms with Gasteiger partial charge in [0, 0.05) is 0 Å². The van der Waals surface area contributed by atoms with Gasteiger partial charge in [0.1, 0.15) is 6.04 Å². The molecule has 0 amide bonds. The molecular weight excluding hydrogens is 118 g/mol. The van der Waals surface area contributed by atoms with E-state index in [0.717, 1.165) is 13.0 Å². The van der Waals surface area contributed by atoms with E-state index in [2.05, 4.69) is 12.2 Å². The minimum absolute atomic E-state index is 0.292. The number of rotatable bonds is 1. The van der Waals surface area contributed by atoms with Crippen molar-refractivity contribution in [2.24, 2.45) is 5.92 Å². The zero-order valence-electron chi connectivity index (χ0n) is 5.42. The Balaban J connectivity index is 2.39. The molecule has 3 heteroatoms. The third-order valence-corrected chi connectivity index (χ3v) is 1.65. The summed E-state index contributed by atoms with van der Waals surface area (Å²) in [5, 5.41) is 11.4. The monoisotopic (exact) mass is 129 g/mol. The summed E-state index contributed by atoms with van der Waals surface area (Å²) in [4.78, 5) is 10.3. The fourth-order valence-corrected chi connectivity index (χ4v) is 1.10. The van der Waals surface area contributed by atoms with Crippen LogP contribution < -0.4 is 5.32 Å². The van der Waals surface area contributed by atoms with Crippen molar-refractivity contribution < 1.29 is 9.90 Å². The van der Waals surface area contributed by atoms with Crippen LogP contribution in [0, 0.1) is 5.92 Å². The zero-order valence-corrected chi connectivity index (χ0v) is 5.42. The molecule has 2 atom stereocenters. The molecule has 1 heterocycles. The van der Waals surface area contributed by atoms with Gasteiger partial charge in [-0.1, -0.05) is 6.92 Å². The summed E-state index contributed by atoms with van der Waals surface area (Å²) >= 11 is 0. The Bertz CT molecular complexity index is 124. The summed E-state index contributed by atoms with van der Waals surface area (Å²) in [6.45, 7) is 2.90. The second-order valence-corrected chi connectivity index (χ2v) is 2.64. The van der Waals surface area contributed by atoms with Crippen molar-refractivity contribution in [1.82, 2.24) is 5.32 Å². The lowest BCUT2D eigenvalue weighted by Gasteiger charge is -2.00. The number of nitrogens with one attached hydrogen (secondary N) is 1. The molecule has 52 valence electrons. The second kappa shape index (κ2) is 2.35. The Morgan fingerprint density at radius 2 is 2.44 bits per heavy atom. The van der Waals surface area contributed by atoms with Crippen LogP contribution in [-0.4, -0.2) is 23.7 Å². The topological polar surface area (TPSA) is 49.3 Å². The molecule has 0 aromatic carbocycles. The van der Waals surface area contributed by atoms with Crippen LogP contribution in [0.3, 0.4) is 0 Å². The minimum Gasteiger partial charge on any atom is -0.480 e. The van der Waals surface area contributed by atoms with E-state index in [9.17, 15) is 4.79 Å². The maximum absolute atomic E-state index is 10.3. The molecule has 0 aromatic heterocycles. The van der Waals surface area contributed by atoms with Crippen LogP contribution in [0.2, 0.25) is 0 Å². The van der Waals surface area contributed by atoms with Gasteiger partial charge in [0.2, 0.25) is 0 Å². The number of hydrogen-bond acceptors (Lipinski definition) is 2. The molecule has 3 nitrogen and oxygen atoms in total. The first-order valence-corrected chi connectivity index (χ1v) is 3.16. The summed E-state index contributed by atoms with van der Waals surface area (Å²) in [5.74, 6) is -0.203. The van der Waals surface area contributed by atoms with Crippen LogP contribution in [0.4, 0.5) is 0 Å². The summed E-state index contributed by atoms with van der Waals surface area (Å²) in [7, 11) is 0. The zero-order chi connectivity index (χ0) is 6.85. The smallest absolute Gasteiger partial charge is 0.320 e. The highest BCUT2D eigenvalue weighted by atomic mass is 16.4. The first-order chi connectivity index (χ1) is 4.20. The SMILES string of the molecule is CC1CNC(C(=O)O)C1.